The first-order valence-electron chi connectivity index (χ1n) is 10.2. The first kappa shape index (κ1) is 24.1. The summed E-state index contributed by atoms with van der Waals surface area (Å²) in [6, 6.07) is 8.02. The Morgan fingerprint density at radius 2 is 1.97 bits per heavy atom. The van der Waals surface area contributed by atoms with Gasteiger partial charge in [-0.2, -0.15) is 5.26 Å². The minimum Gasteiger partial charge on any atom is -0.353 e. The van der Waals surface area contributed by atoms with Crippen molar-refractivity contribution in [1.82, 2.24) is 19.6 Å². The summed E-state index contributed by atoms with van der Waals surface area (Å²) in [6.45, 7) is 1.40. The molecule has 1 aromatic carbocycles. The smallest absolute Gasteiger partial charge is 0.254 e. The maximum absolute atomic E-state index is 12.7. The second-order valence-electron chi connectivity index (χ2n) is 7.77. The molecule has 33 heavy (non-hydrogen) atoms. The number of sulfonamides is 1. The van der Waals surface area contributed by atoms with Crippen LogP contribution in [0.15, 0.2) is 29.1 Å². The molecule has 3 rings (SSSR count). The number of carbonyl (C=O) groups is 2. The lowest BCUT2D eigenvalue weighted by molar-refractivity contribution is -0.121. The van der Waals surface area contributed by atoms with E-state index in [-0.39, 0.29) is 37.3 Å². The Bertz CT molecular complexity index is 1290. The van der Waals surface area contributed by atoms with E-state index >= 15 is 0 Å². The van der Waals surface area contributed by atoms with Gasteiger partial charge in [0.1, 0.15) is 12.4 Å². The number of hydrogen-bond acceptors (Lipinski definition) is 7. The number of nitriles is 1. The topological polar surface area (TPSA) is 163 Å². The third-order valence-electron chi connectivity index (χ3n) is 4.94. The number of benzene rings is 1. The van der Waals surface area contributed by atoms with Crippen molar-refractivity contribution in [2.24, 2.45) is 5.92 Å². The summed E-state index contributed by atoms with van der Waals surface area (Å²) in [7, 11) is -3.35. The number of nitrogens with one attached hydrogen (secondary N) is 3. The van der Waals surface area contributed by atoms with E-state index in [1.54, 1.807) is 19.1 Å². The van der Waals surface area contributed by atoms with E-state index in [0.717, 1.165) is 19.1 Å². The van der Waals surface area contributed by atoms with Crippen LogP contribution in [-0.4, -0.2) is 49.1 Å². The van der Waals surface area contributed by atoms with Gasteiger partial charge in [0.25, 0.3) is 5.56 Å². The third-order valence-corrected chi connectivity index (χ3v) is 5.67. The van der Waals surface area contributed by atoms with Gasteiger partial charge < -0.3 is 10.6 Å². The van der Waals surface area contributed by atoms with Crippen molar-refractivity contribution in [3.8, 4) is 17.3 Å². The van der Waals surface area contributed by atoms with Gasteiger partial charge in [-0.25, -0.2) is 18.1 Å². The molecule has 0 radical (unpaired) electrons. The van der Waals surface area contributed by atoms with Gasteiger partial charge in [0.15, 0.2) is 0 Å². The monoisotopic (exact) mass is 472 g/mol. The van der Waals surface area contributed by atoms with Crippen LogP contribution in [0.5, 0.6) is 0 Å². The number of amides is 2. The van der Waals surface area contributed by atoms with Crippen LogP contribution in [0.3, 0.4) is 0 Å². The molecule has 1 saturated carbocycles. The molecule has 1 fully saturated rings. The van der Waals surface area contributed by atoms with Crippen LogP contribution in [-0.2, 0) is 26.2 Å². The normalized spacial score (nSPS) is 13.2. The van der Waals surface area contributed by atoms with Crippen molar-refractivity contribution < 1.29 is 18.0 Å². The largest absolute Gasteiger partial charge is 0.353 e. The highest BCUT2D eigenvalue weighted by Gasteiger charge is 2.30. The zero-order valence-electron chi connectivity index (χ0n) is 18.2. The standard InChI is InChI=1S/C21H24N6O5S/c1-13-25-18(10-20(29)27(13)12-19(28)23-7-8-24-33(2,31)32)16-6-3-14(11-22)9-17(16)26-21(30)15-4-5-15/h3,6,9-10,15,24H,4-5,7-8,12H2,1-2H3,(H,23,28)(H,26,30). The van der Waals surface area contributed by atoms with Crippen LogP contribution in [0, 0.1) is 24.2 Å². The minimum atomic E-state index is -3.35. The van der Waals surface area contributed by atoms with Crippen LogP contribution in [0.2, 0.25) is 0 Å². The summed E-state index contributed by atoms with van der Waals surface area (Å²) >= 11 is 0. The molecule has 1 heterocycles. The fourth-order valence-electron chi connectivity index (χ4n) is 3.11. The van der Waals surface area contributed by atoms with Gasteiger partial charge >= 0.3 is 0 Å². The summed E-state index contributed by atoms with van der Waals surface area (Å²) < 4.78 is 25.5. The van der Waals surface area contributed by atoms with Crippen LogP contribution in [0.25, 0.3) is 11.3 Å². The predicted molar refractivity (Wildman–Crippen MR) is 121 cm³/mol. The Morgan fingerprint density at radius 3 is 2.58 bits per heavy atom. The van der Waals surface area contributed by atoms with Crippen molar-refractivity contribution in [1.29, 1.82) is 5.26 Å². The molecular weight excluding hydrogens is 448 g/mol. The van der Waals surface area contributed by atoms with Gasteiger partial charge in [0.05, 0.1) is 29.3 Å². The van der Waals surface area contributed by atoms with Crippen molar-refractivity contribution in [3.63, 3.8) is 0 Å². The molecule has 2 amide bonds. The maximum Gasteiger partial charge on any atom is 0.254 e. The van der Waals surface area contributed by atoms with E-state index < -0.39 is 21.5 Å². The van der Waals surface area contributed by atoms with E-state index in [0.29, 0.717) is 22.5 Å². The maximum atomic E-state index is 12.7. The van der Waals surface area contributed by atoms with E-state index in [9.17, 15) is 28.1 Å². The average Bonchev–Trinajstić information content (AvgIpc) is 3.58. The number of carbonyl (C=O) groups excluding carboxylic acids is 2. The number of aromatic nitrogens is 2. The second kappa shape index (κ2) is 9.93. The van der Waals surface area contributed by atoms with Crippen LogP contribution >= 0.6 is 0 Å². The number of anilines is 1. The summed E-state index contributed by atoms with van der Waals surface area (Å²) in [6.07, 6.45) is 2.65. The van der Waals surface area contributed by atoms with Gasteiger partial charge in [0, 0.05) is 30.6 Å². The summed E-state index contributed by atoms with van der Waals surface area (Å²) in [5, 5.41) is 14.6. The quantitative estimate of drug-likeness (QED) is 0.436. The molecule has 12 heteroatoms. The van der Waals surface area contributed by atoms with Gasteiger partial charge in [-0.15, -0.1) is 0 Å². The van der Waals surface area contributed by atoms with E-state index in [1.807, 2.05) is 6.07 Å². The van der Waals surface area contributed by atoms with Crippen molar-refractivity contribution in [2.45, 2.75) is 26.3 Å². The summed E-state index contributed by atoms with van der Waals surface area (Å²) in [4.78, 5) is 41.6. The van der Waals surface area contributed by atoms with Gasteiger partial charge in [0.2, 0.25) is 21.8 Å². The summed E-state index contributed by atoms with van der Waals surface area (Å²) in [5.41, 5.74) is 1.09. The van der Waals surface area contributed by atoms with Gasteiger partial charge in [-0.05, 0) is 38.0 Å². The van der Waals surface area contributed by atoms with Crippen LogP contribution < -0.4 is 20.9 Å². The molecule has 11 nitrogen and oxygen atoms in total. The van der Waals surface area contributed by atoms with Crippen molar-refractivity contribution >= 4 is 27.5 Å². The number of rotatable bonds is 9. The Kier molecular flexibility index (Phi) is 7.25. The number of hydrogen-bond donors (Lipinski definition) is 3. The first-order valence-corrected chi connectivity index (χ1v) is 12.1. The lowest BCUT2D eigenvalue weighted by Gasteiger charge is -2.14. The van der Waals surface area contributed by atoms with E-state index in [1.165, 1.54) is 16.7 Å². The molecule has 1 aliphatic carbocycles. The zero-order valence-corrected chi connectivity index (χ0v) is 19.0. The molecule has 1 aromatic heterocycles. The lowest BCUT2D eigenvalue weighted by atomic mass is 10.1. The Balaban J connectivity index is 1.78. The third kappa shape index (κ3) is 6.71. The van der Waals surface area contributed by atoms with Crippen molar-refractivity contribution in [3.05, 3.63) is 46.0 Å². The van der Waals surface area contributed by atoms with Gasteiger partial charge in [-0.1, -0.05) is 0 Å². The first-order chi connectivity index (χ1) is 15.6. The Hall–Kier alpha value is -3.56. The van der Waals surface area contributed by atoms with Gasteiger partial charge in [-0.3, -0.25) is 19.0 Å². The highest BCUT2D eigenvalue weighted by atomic mass is 32.2. The van der Waals surface area contributed by atoms with E-state index in [4.69, 9.17) is 0 Å². The highest BCUT2D eigenvalue weighted by Crippen LogP contribution is 2.33. The van der Waals surface area contributed by atoms with E-state index in [2.05, 4.69) is 20.3 Å². The Morgan fingerprint density at radius 1 is 1.24 bits per heavy atom. The lowest BCUT2D eigenvalue weighted by Crippen LogP contribution is -2.38. The summed E-state index contributed by atoms with van der Waals surface area (Å²) in [5.74, 6) is -0.373. The number of aryl methyl sites for hydroxylation is 1. The molecule has 0 aliphatic heterocycles. The molecule has 0 unspecified atom stereocenters. The molecule has 0 atom stereocenters. The van der Waals surface area contributed by atoms with Crippen molar-refractivity contribution in [2.75, 3.05) is 24.7 Å². The molecule has 3 N–H and O–H groups in total. The fourth-order valence-corrected chi connectivity index (χ4v) is 3.58. The zero-order chi connectivity index (χ0) is 24.2. The molecular formula is C21H24N6O5S. The molecule has 0 spiro atoms. The average molecular weight is 473 g/mol. The molecule has 1 aliphatic rings. The second-order valence-corrected chi connectivity index (χ2v) is 9.60. The SMILES string of the molecule is Cc1nc(-c2ccc(C#N)cc2NC(=O)C2CC2)cc(=O)n1CC(=O)NCCNS(C)(=O)=O. The predicted octanol–water partition coefficient (Wildman–Crippen LogP) is 0.104. The fraction of sp³-hybridized carbons (Fsp3) is 0.381. The molecule has 0 saturated heterocycles. The molecule has 174 valence electrons. The highest BCUT2D eigenvalue weighted by molar-refractivity contribution is 7.88. The molecule has 0 bridgehead atoms. The Labute approximate surface area is 190 Å². The number of nitrogens with zero attached hydrogens (tertiary/aromatic N) is 3. The van der Waals surface area contributed by atoms with Crippen LogP contribution in [0.4, 0.5) is 5.69 Å². The minimum absolute atomic E-state index is 0.0314. The van der Waals surface area contributed by atoms with Crippen LogP contribution in [0.1, 0.15) is 24.2 Å². The molecule has 2 aromatic rings.